The number of benzene rings is 1. The molecule has 0 heterocycles. The molecular weight excluding hydrogens is 258 g/mol. The number of nitrogens with one attached hydrogen (secondary N) is 1. The summed E-state index contributed by atoms with van der Waals surface area (Å²) >= 11 is 0. The lowest BCUT2D eigenvalue weighted by atomic mass is 10.3. The smallest absolute Gasteiger partial charge is 0.321 e. The van der Waals surface area contributed by atoms with Gasteiger partial charge in [0.25, 0.3) is 0 Å². The zero-order valence-corrected chi connectivity index (χ0v) is 10.7. The van der Waals surface area contributed by atoms with Gasteiger partial charge >= 0.3 is 5.97 Å². The quantitative estimate of drug-likeness (QED) is 0.847. The second-order valence-corrected chi connectivity index (χ2v) is 6.00. The molecule has 1 unspecified atom stereocenters. The molecule has 0 saturated heterocycles. The second-order valence-electron chi connectivity index (χ2n) is 3.73. The van der Waals surface area contributed by atoms with Crippen molar-refractivity contribution in [3.05, 3.63) is 24.3 Å². The summed E-state index contributed by atoms with van der Waals surface area (Å²) in [7, 11) is -3.90. The highest BCUT2D eigenvalue weighted by atomic mass is 32.2. The molecule has 2 N–H and O–H groups in total. The third-order valence-electron chi connectivity index (χ3n) is 2.32. The summed E-state index contributed by atoms with van der Waals surface area (Å²) < 4.78 is 23.7. The van der Waals surface area contributed by atoms with E-state index < -0.39 is 21.1 Å². The lowest BCUT2D eigenvalue weighted by molar-refractivity contribution is -0.136. The number of aliphatic carboxylic acids is 1. The molecule has 98 valence electrons. The Kier molecular flexibility index (Phi) is 4.07. The van der Waals surface area contributed by atoms with E-state index in [9.17, 15) is 18.0 Å². The topological polar surface area (TPSA) is 101 Å². The predicted octanol–water partition coefficient (Wildman–Crippen LogP) is 0.892. The monoisotopic (exact) mass is 271 g/mol. The summed E-state index contributed by atoms with van der Waals surface area (Å²) in [5.74, 6) is -1.68. The molecule has 18 heavy (non-hydrogen) atoms. The fourth-order valence-corrected chi connectivity index (χ4v) is 2.46. The van der Waals surface area contributed by atoms with Crippen molar-refractivity contribution in [2.75, 3.05) is 5.32 Å². The number of anilines is 1. The zero-order chi connectivity index (χ0) is 13.9. The minimum absolute atomic E-state index is 0.0912. The molecule has 0 aromatic heterocycles. The van der Waals surface area contributed by atoms with E-state index >= 15 is 0 Å². The molecular formula is C11H13NO5S. The van der Waals surface area contributed by atoms with Crippen LogP contribution in [-0.2, 0) is 19.4 Å². The van der Waals surface area contributed by atoms with Crippen molar-refractivity contribution < 1.29 is 23.1 Å². The Balaban J connectivity index is 3.05. The SMILES string of the molecule is CC(=O)Nc1ccc(S(=O)(=O)C(C)C(=O)O)cc1. The molecule has 1 atom stereocenters. The van der Waals surface area contributed by atoms with Gasteiger partial charge in [-0.15, -0.1) is 0 Å². The molecule has 0 spiro atoms. The van der Waals surface area contributed by atoms with Crippen molar-refractivity contribution in [3.63, 3.8) is 0 Å². The first-order valence-electron chi connectivity index (χ1n) is 5.09. The number of carboxylic acid groups (broad SMARTS) is 1. The second kappa shape index (κ2) is 5.18. The average molecular weight is 271 g/mol. The molecule has 6 nitrogen and oxygen atoms in total. The van der Waals surface area contributed by atoms with E-state index in [1.165, 1.54) is 31.2 Å². The maximum Gasteiger partial charge on any atom is 0.321 e. The Labute approximate surface area is 105 Å². The van der Waals surface area contributed by atoms with Crippen molar-refractivity contribution in [1.29, 1.82) is 0 Å². The summed E-state index contributed by atoms with van der Waals surface area (Å²) in [6, 6.07) is 5.34. The van der Waals surface area contributed by atoms with Crippen LogP contribution in [0, 0.1) is 0 Å². The van der Waals surface area contributed by atoms with Crippen LogP contribution in [-0.4, -0.2) is 30.7 Å². The van der Waals surface area contributed by atoms with Crippen molar-refractivity contribution >= 4 is 27.4 Å². The van der Waals surface area contributed by atoms with Crippen LogP contribution in [0.25, 0.3) is 0 Å². The molecule has 1 aromatic carbocycles. The van der Waals surface area contributed by atoms with Crippen LogP contribution in [0.3, 0.4) is 0 Å². The first-order valence-corrected chi connectivity index (χ1v) is 6.64. The Hall–Kier alpha value is -1.89. The lowest BCUT2D eigenvalue weighted by Crippen LogP contribution is -2.26. The first kappa shape index (κ1) is 14.2. The van der Waals surface area contributed by atoms with Crippen LogP contribution in [0.2, 0.25) is 0 Å². The minimum atomic E-state index is -3.90. The predicted molar refractivity (Wildman–Crippen MR) is 65.0 cm³/mol. The highest BCUT2D eigenvalue weighted by molar-refractivity contribution is 7.92. The van der Waals surface area contributed by atoms with E-state index in [1.54, 1.807) is 0 Å². The molecule has 0 bridgehead atoms. The van der Waals surface area contributed by atoms with Crippen LogP contribution >= 0.6 is 0 Å². The Bertz CT molecular complexity index is 562. The molecule has 0 aliphatic carbocycles. The highest BCUT2D eigenvalue weighted by Crippen LogP contribution is 2.18. The zero-order valence-electron chi connectivity index (χ0n) is 9.88. The summed E-state index contributed by atoms with van der Waals surface area (Å²) in [5, 5.41) is 9.69. The molecule has 1 amide bonds. The standard InChI is InChI=1S/C11H13NO5S/c1-7(11(14)15)18(16,17)10-5-3-9(4-6-10)12-8(2)13/h3-7H,1-2H3,(H,12,13)(H,14,15). The van der Waals surface area contributed by atoms with Gasteiger partial charge in [-0.05, 0) is 31.2 Å². The molecule has 0 aliphatic rings. The number of hydrogen-bond acceptors (Lipinski definition) is 4. The van der Waals surface area contributed by atoms with Gasteiger partial charge in [0, 0.05) is 12.6 Å². The Morgan fingerprint density at radius 2 is 1.72 bits per heavy atom. The van der Waals surface area contributed by atoms with Crippen molar-refractivity contribution in [2.45, 2.75) is 24.0 Å². The van der Waals surface area contributed by atoms with E-state index in [4.69, 9.17) is 5.11 Å². The van der Waals surface area contributed by atoms with Gasteiger partial charge in [-0.1, -0.05) is 0 Å². The lowest BCUT2D eigenvalue weighted by Gasteiger charge is -2.09. The summed E-state index contributed by atoms with van der Waals surface area (Å²) in [4.78, 5) is 21.4. The maximum atomic E-state index is 11.8. The Morgan fingerprint density at radius 3 is 2.11 bits per heavy atom. The number of carbonyl (C=O) groups is 2. The number of hydrogen-bond donors (Lipinski definition) is 2. The average Bonchev–Trinajstić information content (AvgIpc) is 2.27. The molecule has 1 aromatic rings. The van der Waals surface area contributed by atoms with Crippen LogP contribution in [0.15, 0.2) is 29.2 Å². The van der Waals surface area contributed by atoms with Crippen molar-refractivity contribution in [1.82, 2.24) is 0 Å². The van der Waals surface area contributed by atoms with E-state index in [-0.39, 0.29) is 10.8 Å². The van der Waals surface area contributed by atoms with Crippen molar-refractivity contribution in [2.24, 2.45) is 0 Å². The molecule has 7 heteroatoms. The number of carbonyl (C=O) groups excluding carboxylic acids is 1. The summed E-state index contributed by atoms with van der Waals surface area (Å²) in [6.45, 7) is 2.44. The third-order valence-corrected chi connectivity index (χ3v) is 4.38. The number of amides is 1. The van der Waals surface area contributed by atoms with E-state index in [1.807, 2.05) is 0 Å². The maximum absolute atomic E-state index is 11.8. The number of sulfone groups is 1. The molecule has 0 aliphatic heterocycles. The van der Waals surface area contributed by atoms with E-state index in [0.717, 1.165) is 6.92 Å². The first-order chi connectivity index (χ1) is 8.25. The summed E-state index contributed by atoms with van der Waals surface area (Å²) in [5.41, 5.74) is 0.449. The van der Waals surface area contributed by atoms with Crippen LogP contribution in [0.5, 0.6) is 0 Å². The van der Waals surface area contributed by atoms with Gasteiger partial charge in [-0.25, -0.2) is 8.42 Å². The Morgan fingerprint density at radius 1 is 1.22 bits per heavy atom. The van der Waals surface area contributed by atoms with Gasteiger partial charge in [0.15, 0.2) is 15.1 Å². The molecule has 0 saturated carbocycles. The molecule has 1 rings (SSSR count). The fourth-order valence-electron chi connectivity index (χ4n) is 1.27. The van der Waals surface area contributed by atoms with Gasteiger partial charge in [-0.3, -0.25) is 9.59 Å². The number of carboxylic acids is 1. The van der Waals surface area contributed by atoms with Gasteiger partial charge in [0.1, 0.15) is 0 Å². The van der Waals surface area contributed by atoms with Crippen LogP contribution in [0.1, 0.15) is 13.8 Å². The largest absolute Gasteiger partial charge is 0.480 e. The normalized spacial score (nSPS) is 12.8. The van der Waals surface area contributed by atoms with Gasteiger partial charge in [-0.2, -0.15) is 0 Å². The number of rotatable bonds is 4. The van der Waals surface area contributed by atoms with Crippen molar-refractivity contribution in [3.8, 4) is 0 Å². The van der Waals surface area contributed by atoms with Crippen LogP contribution < -0.4 is 5.32 Å². The summed E-state index contributed by atoms with van der Waals surface area (Å²) in [6.07, 6.45) is 0. The fraction of sp³-hybridized carbons (Fsp3) is 0.273. The van der Waals surface area contributed by atoms with Gasteiger partial charge in [0.05, 0.1) is 4.90 Å². The highest BCUT2D eigenvalue weighted by Gasteiger charge is 2.29. The minimum Gasteiger partial charge on any atom is -0.480 e. The molecule has 0 fully saturated rings. The third kappa shape index (κ3) is 3.07. The van der Waals surface area contributed by atoms with Gasteiger partial charge in [0.2, 0.25) is 5.91 Å². The van der Waals surface area contributed by atoms with E-state index in [2.05, 4.69) is 5.32 Å². The molecule has 0 radical (unpaired) electrons. The van der Waals surface area contributed by atoms with Gasteiger partial charge < -0.3 is 10.4 Å². The van der Waals surface area contributed by atoms with Crippen LogP contribution in [0.4, 0.5) is 5.69 Å². The van der Waals surface area contributed by atoms with E-state index in [0.29, 0.717) is 5.69 Å².